The van der Waals surface area contributed by atoms with Gasteiger partial charge in [0.1, 0.15) is 18.1 Å². The van der Waals surface area contributed by atoms with Gasteiger partial charge in [-0.3, -0.25) is 19.4 Å². The molecule has 0 N–H and O–H groups in total. The average molecular weight is 577 g/mol. The molecule has 0 spiro atoms. The molecule has 3 atom stereocenters. The zero-order valence-corrected chi connectivity index (χ0v) is 23.0. The maximum absolute atomic E-state index is 13.9. The lowest BCUT2D eigenvalue weighted by atomic mass is 9.95. The maximum Gasteiger partial charge on any atom is 0.264 e. The van der Waals surface area contributed by atoms with E-state index in [1.165, 1.54) is 28.2 Å². The van der Waals surface area contributed by atoms with Crippen LogP contribution in [0, 0.1) is 5.82 Å². The fourth-order valence-electron chi connectivity index (χ4n) is 5.90. The number of nitrogens with zero attached hydrogens (tertiary/aromatic N) is 6. The van der Waals surface area contributed by atoms with Gasteiger partial charge in [-0.05, 0) is 46.7 Å². The van der Waals surface area contributed by atoms with Crippen molar-refractivity contribution in [3.63, 3.8) is 0 Å². The van der Waals surface area contributed by atoms with Crippen LogP contribution in [-0.2, 0) is 14.4 Å². The van der Waals surface area contributed by atoms with Crippen LogP contribution in [0.5, 0.6) is 5.75 Å². The van der Waals surface area contributed by atoms with Crippen LogP contribution >= 0.6 is 0 Å². The summed E-state index contributed by atoms with van der Waals surface area (Å²) >= 11 is 0. The van der Waals surface area contributed by atoms with Crippen LogP contribution in [0.25, 0.3) is 10.8 Å². The molecular weight excluding hydrogens is 551 g/mol. The summed E-state index contributed by atoms with van der Waals surface area (Å²) in [5.41, 5.74) is 2.64. The Morgan fingerprint density at radius 2 is 1.72 bits per heavy atom. The fourth-order valence-corrected chi connectivity index (χ4v) is 5.90. The molecule has 3 aliphatic heterocycles. The number of anilines is 1. The zero-order chi connectivity index (χ0) is 29.7. The highest BCUT2D eigenvalue weighted by Crippen LogP contribution is 2.37. The molecule has 1 saturated heterocycles. The second kappa shape index (κ2) is 10.4. The van der Waals surface area contributed by atoms with Crippen molar-refractivity contribution in [1.29, 1.82) is 0 Å². The Bertz CT molecular complexity index is 1840. The van der Waals surface area contributed by atoms with Gasteiger partial charge in [-0.25, -0.2) is 14.3 Å². The van der Waals surface area contributed by atoms with E-state index in [9.17, 15) is 18.8 Å². The number of methoxy groups -OCH3 is 1. The lowest BCUT2D eigenvalue weighted by Crippen LogP contribution is -2.44. The summed E-state index contributed by atoms with van der Waals surface area (Å²) in [6.07, 6.45) is 0.463. The first kappa shape index (κ1) is 26.4. The third-order valence-corrected chi connectivity index (χ3v) is 7.99. The van der Waals surface area contributed by atoms with Gasteiger partial charge in [0.05, 0.1) is 24.6 Å². The molecule has 43 heavy (non-hydrogen) atoms. The van der Waals surface area contributed by atoms with Crippen LogP contribution in [0.15, 0.2) is 106 Å². The average Bonchev–Trinajstić information content (AvgIpc) is 3.72. The topological polar surface area (TPSA) is 107 Å². The Hall–Kier alpha value is -5.45. The molecule has 0 aromatic heterocycles. The minimum Gasteiger partial charge on any atom is -0.497 e. The summed E-state index contributed by atoms with van der Waals surface area (Å²) in [6.45, 7) is -0.334. The number of rotatable bonds is 6. The Morgan fingerprint density at radius 1 is 0.953 bits per heavy atom. The second-order valence-electron chi connectivity index (χ2n) is 10.5. The van der Waals surface area contributed by atoms with Crippen LogP contribution in [0.1, 0.15) is 23.6 Å². The van der Waals surface area contributed by atoms with E-state index in [4.69, 9.17) is 9.84 Å². The third kappa shape index (κ3) is 4.49. The van der Waals surface area contributed by atoms with Crippen molar-refractivity contribution in [1.82, 2.24) is 10.0 Å². The lowest BCUT2D eigenvalue weighted by Gasteiger charge is -2.25. The molecule has 11 heteroatoms. The highest BCUT2D eigenvalue weighted by Gasteiger charge is 2.55. The standard InChI is InChI=1S/C32H25FN6O4/c1-43-23-14-12-20(13-15-23)27-17-26(25-11-4-7-19-6-2-3-10-24(19)25)35-39(27)28(40)18-37-30-29(34-36-37)31(41)38(32(30)42)22-9-5-8-21(33)16-22/h2-16,27,29-30H,17-18H2,1H3/t27-,29+,30-/m1/s1. The largest absolute Gasteiger partial charge is 0.497 e. The summed E-state index contributed by atoms with van der Waals surface area (Å²) < 4.78 is 19.2. The predicted octanol–water partition coefficient (Wildman–Crippen LogP) is 4.66. The van der Waals surface area contributed by atoms with E-state index >= 15 is 0 Å². The van der Waals surface area contributed by atoms with E-state index in [0.717, 1.165) is 38.6 Å². The number of amides is 3. The Labute approximate surface area is 245 Å². The number of carbonyl (C=O) groups excluding carboxylic acids is 3. The first-order chi connectivity index (χ1) is 20.9. The molecule has 0 unspecified atom stereocenters. The molecule has 214 valence electrons. The SMILES string of the molecule is COc1ccc([C@H]2CC(c3cccc4ccccc34)=NN2C(=O)CN2N=N[C@@H]3C(=O)N(c4cccc(F)c4)C(=O)[C@@H]32)cc1. The van der Waals surface area contributed by atoms with Crippen LogP contribution in [0.2, 0.25) is 0 Å². The van der Waals surface area contributed by atoms with E-state index in [0.29, 0.717) is 12.2 Å². The number of hydrogen-bond donors (Lipinski definition) is 0. The number of carbonyl (C=O) groups is 3. The number of halogens is 1. The van der Waals surface area contributed by atoms with Crippen molar-refractivity contribution in [2.75, 3.05) is 18.6 Å². The summed E-state index contributed by atoms with van der Waals surface area (Å²) in [5.74, 6) is -1.55. The summed E-state index contributed by atoms with van der Waals surface area (Å²) in [5, 5.41) is 17.6. The first-order valence-electron chi connectivity index (χ1n) is 13.8. The molecule has 4 aromatic rings. The van der Waals surface area contributed by atoms with Gasteiger partial charge in [-0.2, -0.15) is 10.2 Å². The predicted molar refractivity (Wildman–Crippen MR) is 156 cm³/mol. The van der Waals surface area contributed by atoms with Crippen molar-refractivity contribution < 1.29 is 23.5 Å². The molecule has 1 fully saturated rings. The minimum absolute atomic E-state index is 0.106. The van der Waals surface area contributed by atoms with Gasteiger partial charge in [-0.15, -0.1) is 0 Å². The Kier molecular flexibility index (Phi) is 6.42. The molecule has 7 rings (SSSR count). The van der Waals surface area contributed by atoms with Gasteiger partial charge < -0.3 is 4.74 Å². The van der Waals surface area contributed by atoms with Crippen molar-refractivity contribution in [2.45, 2.75) is 24.5 Å². The van der Waals surface area contributed by atoms with E-state index < -0.39 is 41.7 Å². The summed E-state index contributed by atoms with van der Waals surface area (Å²) in [7, 11) is 1.59. The molecule has 4 aromatic carbocycles. The van der Waals surface area contributed by atoms with Crippen LogP contribution < -0.4 is 9.64 Å². The number of hydrazone groups is 1. The smallest absolute Gasteiger partial charge is 0.264 e. The zero-order valence-electron chi connectivity index (χ0n) is 23.0. The molecule has 0 saturated carbocycles. The van der Waals surface area contributed by atoms with Crippen molar-refractivity contribution in [3.05, 3.63) is 108 Å². The van der Waals surface area contributed by atoms with Gasteiger partial charge in [0.25, 0.3) is 17.7 Å². The molecule has 10 nitrogen and oxygen atoms in total. The van der Waals surface area contributed by atoms with E-state index in [2.05, 4.69) is 10.3 Å². The third-order valence-electron chi connectivity index (χ3n) is 7.99. The molecular formula is C32H25FN6O4. The molecule has 3 amide bonds. The summed E-state index contributed by atoms with van der Waals surface area (Å²) in [6, 6.07) is 24.0. The number of imide groups is 1. The Balaban J connectivity index is 1.19. The highest BCUT2D eigenvalue weighted by atomic mass is 19.1. The van der Waals surface area contributed by atoms with E-state index in [1.807, 2.05) is 66.7 Å². The number of fused-ring (bicyclic) bond motifs is 2. The second-order valence-corrected chi connectivity index (χ2v) is 10.5. The van der Waals surface area contributed by atoms with Gasteiger partial charge in [0.15, 0.2) is 12.1 Å². The lowest BCUT2D eigenvalue weighted by molar-refractivity contribution is -0.135. The monoisotopic (exact) mass is 576 g/mol. The van der Waals surface area contributed by atoms with E-state index in [1.54, 1.807) is 7.11 Å². The number of ether oxygens (including phenoxy) is 1. The Morgan fingerprint density at radius 3 is 2.51 bits per heavy atom. The number of hydrogen-bond acceptors (Lipinski definition) is 8. The normalized spacial score (nSPS) is 21.1. The van der Waals surface area contributed by atoms with Gasteiger partial charge >= 0.3 is 0 Å². The van der Waals surface area contributed by atoms with Gasteiger partial charge in [-0.1, -0.05) is 65.9 Å². The molecule has 3 heterocycles. The van der Waals surface area contributed by atoms with Crippen molar-refractivity contribution in [3.8, 4) is 5.75 Å². The van der Waals surface area contributed by atoms with Crippen LogP contribution in [0.3, 0.4) is 0 Å². The number of benzene rings is 4. The maximum atomic E-state index is 13.9. The van der Waals surface area contributed by atoms with Crippen LogP contribution in [0.4, 0.5) is 10.1 Å². The van der Waals surface area contributed by atoms with E-state index in [-0.39, 0.29) is 12.2 Å². The van der Waals surface area contributed by atoms with Gasteiger partial charge in [0.2, 0.25) is 0 Å². The van der Waals surface area contributed by atoms with Crippen LogP contribution in [-0.4, -0.2) is 59.2 Å². The first-order valence-corrected chi connectivity index (χ1v) is 13.8. The molecule has 0 bridgehead atoms. The van der Waals surface area contributed by atoms with Gasteiger partial charge in [0, 0.05) is 12.0 Å². The van der Waals surface area contributed by atoms with Crippen molar-refractivity contribution in [2.24, 2.45) is 15.4 Å². The summed E-state index contributed by atoms with van der Waals surface area (Å²) in [4.78, 5) is 41.3. The molecule has 0 radical (unpaired) electrons. The van der Waals surface area contributed by atoms with Crippen molar-refractivity contribution >= 4 is 39.9 Å². The molecule has 0 aliphatic carbocycles. The fraction of sp³-hybridized carbons (Fsp3) is 0.188. The highest BCUT2D eigenvalue weighted by molar-refractivity contribution is 6.25. The molecule has 3 aliphatic rings. The minimum atomic E-state index is -1.12. The quantitative estimate of drug-likeness (QED) is 0.311.